The van der Waals surface area contributed by atoms with Crippen LogP contribution >= 0.6 is 0 Å². The molecular weight excluding hydrogens is 206 g/mol. The molecule has 0 aromatic carbocycles. The number of nitrogens with zero attached hydrogens (tertiary/aromatic N) is 2. The molecule has 0 saturated heterocycles. The highest BCUT2D eigenvalue weighted by atomic mass is 16.5. The molecule has 0 bridgehead atoms. The number of alkyl carbamates (subject to hydrolysis) is 1. The Labute approximate surface area is 93.0 Å². The predicted octanol–water partition coefficient (Wildman–Crippen LogP) is 1.58. The molecule has 84 valence electrons. The van der Waals surface area contributed by atoms with Gasteiger partial charge >= 0.3 is 6.09 Å². The van der Waals surface area contributed by atoms with Gasteiger partial charge in [0, 0.05) is 18.3 Å². The molecule has 0 aliphatic heterocycles. The fraction of sp³-hybridized carbons (Fsp3) is 0.273. The van der Waals surface area contributed by atoms with E-state index in [4.69, 9.17) is 4.74 Å². The lowest BCUT2D eigenvalue weighted by Gasteiger charge is -2.03. The second-order valence-electron chi connectivity index (χ2n) is 3.27. The molecular formula is C11H13N3O2. The Hall–Kier alpha value is -2.04. The van der Waals surface area contributed by atoms with E-state index in [9.17, 15) is 4.79 Å². The minimum absolute atomic E-state index is 0.376. The Balaban J connectivity index is 2.07. The maximum Gasteiger partial charge on any atom is 0.407 e. The van der Waals surface area contributed by atoms with Gasteiger partial charge < -0.3 is 10.1 Å². The van der Waals surface area contributed by atoms with Crippen molar-refractivity contribution in [1.29, 1.82) is 0 Å². The first-order valence-electron chi connectivity index (χ1n) is 5.13. The number of carbonyl (C=O) groups is 1. The van der Waals surface area contributed by atoms with E-state index in [1.807, 2.05) is 24.4 Å². The standard InChI is InChI=1S/C11H13N3O2/c1-2-16-11(15)12-7-9-8-13-14-6-4-3-5-10(9)14/h3-6,8H,2,7H2,1H3,(H,12,15). The molecule has 0 aliphatic rings. The van der Waals surface area contributed by atoms with E-state index in [-0.39, 0.29) is 0 Å². The van der Waals surface area contributed by atoms with Crippen molar-refractivity contribution in [2.24, 2.45) is 0 Å². The number of rotatable bonds is 3. The molecule has 1 N–H and O–H groups in total. The average molecular weight is 219 g/mol. The second kappa shape index (κ2) is 4.65. The molecule has 0 spiro atoms. The summed E-state index contributed by atoms with van der Waals surface area (Å²) in [6.07, 6.45) is 3.20. The van der Waals surface area contributed by atoms with Crippen LogP contribution in [-0.4, -0.2) is 22.3 Å². The van der Waals surface area contributed by atoms with E-state index < -0.39 is 6.09 Å². The van der Waals surface area contributed by atoms with Gasteiger partial charge in [0.1, 0.15) is 0 Å². The monoisotopic (exact) mass is 219 g/mol. The molecule has 5 nitrogen and oxygen atoms in total. The van der Waals surface area contributed by atoms with Gasteiger partial charge in [-0.2, -0.15) is 5.10 Å². The fourth-order valence-electron chi connectivity index (χ4n) is 1.47. The predicted molar refractivity (Wildman–Crippen MR) is 59.1 cm³/mol. The number of carbonyl (C=O) groups excluding carboxylic acids is 1. The van der Waals surface area contributed by atoms with Gasteiger partial charge in [0.2, 0.25) is 0 Å². The number of fused-ring (bicyclic) bond motifs is 1. The van der Waals surface area contributed by atoms with E-state index in [2.05, 4.69) is 10.4 Å². The molecule has 0 fully saturated rings. The first-order chi connectivity index (χ1) is 7.81. The van der Waals surface area contributed by atoms with Crippen LogP contribution in [0.5, 0.6) is 0 Å². The molecule has 2 aromatic heterocycles. The van der Waals surface area contributed by atoms with Crippen LogP contribution in [0.4, 0.5) is 4.79 Å². The lowest BCUT2D eigenvalue weighted by molar-refractivity contribution is 0.151. The quantitative estimate of drug-likeness (QED) is 0.852. The highest BCUT2D eigenvalue weighted by Crippen LogP contribution is 2.09. The highest BCUT2D eigenvalue weighted by Gasteiger charge is 2.05. The van der Waals surface area contributed by atoms with Gasteiger partial charge in [-0.3, -0.25) is 0 Å². The molecule has 1 amide bonds. The molecule has 2 heterocycles. The number of nitrogens with one attached hydrogen (secondary N) is 1. The summed E-state index contributed by atoms with van der Waals surface area (Å²) in [5, 5.41) is 6.83. The van der Waals surface area contributed by atoms with Gasteiger partial charge in [0.05, 0.1) is 18.3 Å². The molecule has 0 aliphatic carbocycles. The zero-order valence-electron chi connectivity index (χ0n) is 9.01. The summed E-state index contributed by atoms with van der Waals surface area (Å²) >= 11 is 0. The SMILES string of the molecule is CCOC(=O)NCc1cnn2ccccc12. The largest absolute Gasteiger partial charge is 0.450 e. The third kappa shape index (κ3) is 2.13. The molecule has 5 heteroatoms. The Morgan fingerprint density at radius 2 is 2.44 bits per heavy atom. The number of aromatic nitrogens is 2. The number of amides is 1. The number of hydrogen-bond donors (Lipinski definition) is 1. The lowest BCUT2D eigenvalue weighted by Crippen LogP contribution is -2.23. The van der Waals surface area contributed by atoms with Crippen molar-refractivity contribution in [3.63, 3.8) is 0 Å². The van der Waals surface area contributed by atoms with Crippen LogP contribution in [0, 0.1) is 0 Å². The average Bonchev–Trinajstić information content (AvgIpc) is 2.70. The summed E-state index contributed by atoms with van der Waals surface area (Å²) in [5.74, 6) is 0. The summed E-state index contributed by atoms with van der Waals surface area (Å²) in [6.45, 7) is 2.57. The van der Waals surface area contributed by atoms with Gasteiger partial charge in [-0.1, -0.05) is 6.07 Å². The zero-order chi connectivity index (χ0) is 11.4. The van der Waals surface area contributed by atoms with Gasteiger partial charge in [-0.25, -0.2) is 9.31 Å². The molecule has 0 radical (unpaired) electrons. The lowest BCUT2D eigenvalue weighted by atomic mass is 10.2. The van der Waals surface area contributed by atoms with Crippen LogP contribution in [0.3, 0.4) is 0 Å². The summed E-state index contributed by atoms with van der Waals surface area (Å²) in [6, 6.07) is 5.79. The van der Waals surface area contributed by atoms with Crippen molar-refractivity contribution in [2.45, 2.75) is 13.5 Å². The van der Waals surface area contributed by atoms with E-state index in [0.29, 0.717) is 13.2 Å². The minimum atomic E-state index is -0.405. The molecule has 2 rings (SSSR count). The van der Waals surface area contributed by atoms with Crippen LogP contribution in [0.2, 0.25) is 0 Å². The van der Waals surface area contributed by atoms with Gasteiger partial charge in [0.25, 0.3) is 0 Å². The topological polar surface area (TPSA) is 55.6 Å². The zero-order valence-corrected chi connectivity index (χ0v) is 9.01. The first-order valence-corrected chi connectivity index (χ1v) is 5.13. The van der Waals surface area contributed by atoms with Crippen molar-refractivity contribution in [3.05, 3.63) is 36.2 Å². The van der Waals surface area contributed by atoms with E-state index in [0.717, 1.165) is 11.1 Å². The van der Waals surface area contributed by atoms with Crippen molar-refractivity contribution in [3.8, 4) is 0 Å². The van der Waals surface area contributed by atoms with E-state index >= 15 is 0 Å². The normalized spacial score (nSPS) is 10.3. The summed E-state index contributed by atoms with van der Waals surface area (Å²) in [5.41, 5.74) is 1.95. The van der Waals surface area contributed by atoms with Crippen LogP contribution in [0.1, 0.15) is 12.5 Å². The van der Waals surface area contributed by atoms with Gasteiger partial charge in [-0.15, -0.1) is 0 Å². The number of pyridine rings is 1. The minimum Gasteiger partial charge on any atom is -0.450 e. The maximum atomic E-state index is 11.1. The third-order valence-corrected chi connectivity index (χ3v) is 2.20. The fourth-order valence-corrected chi connectivity index (χ4v) is 1.47. The Morgan fingerprint density at radius 1 is 1.56 bits per heavy atom. The smallest absolute Gasteiger partial charge is 0.407 e. The van der Waals surface area contributed by atoms with Crippen LogP contribution in [0.25, 0.3) is 5.52 Å². The van der Waals surface area contributed by atoms with Crippen LogP contribution < -0.4 is 5.32 Å². The Kier molecular flexibility index (Phi) is 3.05. The molecule has 0 atom stereocenters. The van der Waals surface area contributed by atoms with Crippen LogP contribution in [0.15, 0.2) is 30.6 Å². The Bertz CT molecular complexity index is 493. The van der Waals surface area contributed by atoms with Gasteiger partial charge in [-0.05, 0) is 19.1 Å². The maximum absolute atomic E-state index is 11.1. The van der Waals surface area contributed by atoms with E-state index in [1.165, 1.54) is 0 Å². The van der Waals surface area contributed by atoms with Gasteiger partial charge in [0.15, 0.2) is 0 Å². The first kappa shape index (κ1) is 10.5. The summed E-state index contributed by atoms with van der Waals surface area (Å²) < 4.78 is 6.54. The number of ether oxygens (including phenoxy) is 1. The molecule has 0 unspecified atom stereocenters. The van der Waals surface area contributed by atoms with Crippen molar-refractivity contribution < 1.29 is 9.53 Å². The molecule has 0 saturated carbocycles. The highest BCUT2D eigenvalue weighted by molar-refractivity contribution is 5.67. The van der Waals surface area contributed by atoms with Crippen LogP contribution in [-0.2, 0) is 11.3 Å². The second-order valence-corrected chi connectivity index (χ2v) is 3.27. The van der Waals surface area contributed by atoms with Crippen molar-refractivity contribution in [1.82, 2.24) is 14.9 Å². The molecule has 16 heavy (non-hydrogen) atoms. The summed E-state index contributed by atoms with van der Waals surface area (Å²) in [7, 11) is 0. The number of hydrogen-bond acceptors (Lipinski definition) is 3. The van der Waals surface area contributed by atoms with Crippen molar-refractivity contribution in [2.75, 3.05) is 6.61 Å². The third-order valence-electron chi connectivity index (χ3n) is 2.20. The molecule has 2 aromatic rings. The van der Waals surface area contributed by atoms with Crippen molar-refractivity contribution >= 4 is 11.6 Å². The van der Waals surface area contributed by atoms with E-state index in [1.54, 1.807) is 17.6 Å². The summed E-state index contributed by atoms with van der Waals surface area (Å²) in [4.78, 5) is 11.1. The Morgan fingerprint density at radius 3 is 3.25 bits per heavy atom.